The minimum atomic E-state index is -0.450. The van der Waals surface area contributed by atoms with Gasteiger partial charge in [0.2, 0.25) is 0 Å². The summed E-state index contributed by atoms with van der Waals surface area (Å²) in [5.74, 6) is 0. The van der Waals surface area contributed by atoms with Crippen LogP contribution < -0.4 is 0 Å². The Labute approximate surface area is 96.9 Å². The maximum absolute atomic E-state index is 10.5. The number of nitrogens with zero attached hydrogens (tertiary/aromatic N) is 4. The summed E-state index contributed by atoms with van der Waals surface area (Å²) in [6.07, 6.45) is 1.97. The molecule has 0 bridgehead atoms. The van der Waals surface area contributed by atoms with Crippen LogP contribution in [0.3, 0.4) is 0 Å². The van der Waals surface area contributed by atoms with Gasteiger partial charge in [0.15, 0.2) is 0 Å². The van der Waals surface area contributed by atoms with E-state index < -0.39 is 4.92 Å². The molecule has 0 fully saturated rings. The maximum Gasteiger partial charge on any atom is 0.269 e. The Morgan fingerprint density at radius 3 is 2.65 bits per heavy atom. The lowest BCUT2D eigenvalue weighted by molar-refractivity contribution is -0.384. The maximum atomic E-state index is 10.5. The fourth-order valence-electron chi connectivity index (χ4n) is 1.41. The molecule has 2 aromatic rings. The van der Waals surface area contributed by atoms with Gasteiger partial charge < -0.3 is 0 Å². The number of benzene rings is 1. The Hall–Kier alpha value is -2.68. The predicted molar refractivity (Wildman–Crippen MR) is 59.5 cm³/mol. The Bertz CT molecular complexity index is 580. The smallest absolute Gasteiger partial charge is 0.258 e. The molecular weight excluding hydrogens is 220 g/mol. The SMILES string of the molecule is N#CCc1ccn(-c2ccc([N+](=O)[O-])cc2)n1. The second kappa shape index (κ2) is 4.45. The van der Waals surface area contributed by atoms with Crippen LogP contribution in [0.15, 0.2) is 36.5 Å². The molecule has 0 saturated carbocycles. The molecule has 1 aromatic heterocycles. The average Bonchev–Trinajstić information content (AvgIpc) is 2.78. The van der Waals surface area contributed by atoms with Gasteiger partial charge in [-0.05, 0) is 18.2 Å². The standard InChI is InChI=1S/C11H8N4O2/c12-7-5-9-6-8-14(13-9)10-1-3-11(4-2-10)15(16)17/h1-4,6,8H,5H2. The molecule has 0 spiro atoms. The molecule has 0 amide bonds. The normalized spacial score (nSPS) is 9.82. The highest BCUT2D eigenvalue weighted by atomic mass is 16.6. The fourth-order valence-corrected chi connectivity index (χ4v) is 1.41. The lowest BCUT2D eigenvalue weighted by atomic mass is 10.3. The molecule has 17 heavy (non-hydrogen) atoms. The molecule has 0 aliphatic heterocycles. The van der Waals surface area contributed by atoms with Crippen molar-refractivity contribution < 1.29 is 4.92 Å². The van der Waals surface area contributed by atoms with Crippen LogP contribution in [-0.2, 0) is 6.42 Å². The first kappa shape index (κ1) is 10.8. The van der Waals surface area contributed by atoms with E-state index in [0.717, 1.165) is 5.69 Å². The average molecular weight is 228 g/mol. The molecule has 0 saturated heterocycles. The second-order valence-corrected chi connectivity index (χ2v) is 3.36. The van der Waals surface area contributed by atoms with Gasteiger partial charge >= 0.3 is 0 Å². The van der Waals surface area contributed by atoms with Gasteiger partial charge in [0.25, 0.3) is 5.69 Å². The van der Waals surface area contributed by atoms with Crippen LogP contribution in [0, 0.1) is 21.4 Å². The van der Waals surface area contributed by atoms with E-state index in [1.54, 1.807) is 29.1 Å². The summed E-state index contributed by atoms with van der Waals surface area (Å²) in [6.45, 7) is 0. The first-order valence-electron chi connectivity index (χ1n) is 4.87. The monoisotopic (exact) mass is 228 g/mol. The Kier molecular flexibility index (Phi) is 2.83. The third-order valence-electron chi connectivity index (χ3n) is 2.23. The number of nitro benzene ring substituents is 1. The van der Waals surface area contributed by atoms with Gasteiger partial charge in [-0.15, -0.1) is 0 Å². The van der Waals surface area contributed by atoms with Gasteiger partial charge in [-0.25, -0.2) is 4.68 Å². The van der Waals surface area contributed by atoms with Crippen LogP contribution in [0.5, 0.6) is 0 Å². The summed E-state index contributed by atoms with van der Waals surface area (Å²) >= 11 is 0. The zero-order chi connectivity index (χ0) is 12.3. The van der Waals surface area contributed by atoms with Crippen molar-refractivity contribution >= 4 is 5.69 Å². The third-order valence-corrected chi connectivity index (χ3v) is 2.23. The summed E-state index contributed by atoms with van der Waals surface area (Å²) in [4.78, 5) is 10.0. The van der Waals surface area contributed by atoms with Gasteiger partial charge in [0, 0.05) is 18.3 Å². The van der Waals surface area contributed by atoms with Crippen LogP contribution in [0.1, 0.15) is 5.69 Å². The van der Waals surface area contributed by atoms with Gasteiger partial charge in [0.05, 0.1) is 28.8 Å². The fraction of sp³-hybridized carbons (Fsp3) is 0.0909. The molecule has 0 aliphatic carbocycles. The highest BCUT2D eigenvalue weighted by Gasteiger charge is 2.05. The number of hydrogen-bond donors (Lipinski definition) is 0. The van der Waals surface area contributed by atoms with Crippen molar-refractivity contribution in [2.45, 2.75) is 6.42 Å². The molecule has 0 atom stereocenters. The lowest BCUT2D eigenvalue weighted by Gasteiger charge is -1.99. The molecule has 0 N–H and O–H groups in total. The Balaban J connectivity index is 2.27. The van der Waals surface area contributed by atoms with E-state index in [-0.39, 0.29) is 12.1 Å². The Morgan fingerprint density at radius 2 is 2.06 bits per heavy atom. The van der Waals surface area contributed by atoms with Crippen molar-refractivity contribution in [2.75, 3.05) is 0 Å². The van der Waals surface area contributed by atoms with E-state index in [2.05, 4.69) is 5.10 Å². The second-order valence-electron chi connectivity index (χ2n) is 3.36. The van der Waals surface area contributed by atoms with E-state index in [0.29, 0.717) is 5.69 Å². The minimum Gasteiger partial charge on any atom is -0.258 e. The van der Waals surface area contributed by atoms with Gasteiger partial charge in [0.1, 0.15) is 0 Å². The molecule has 2 rings (SSSR count). The number of nitriles is 1. The first-order valence-corrected chi connectivity index (χ1v) is 4.87. The molecule has 1 heterocycles. The van der Waals surface area contributed by atoms with Crippen molar-refractivity contribution in [3.05, 3.63) is 52.3 Å². The molecule has 6 heteroatoms. The topological polar surface area (TPSA) is 84.8 Å². The van der Waals surface area contributed by atoms with Crippen molar-refractivity contribution in [1.29, 1.82) is 5.26 Å². The molecular formula is C11H8N4O2. The molecule has 1 aromatic carbocycles. The van der Waals surface area contributed by atoms with E-state index in [1.807, 2.05) is 6.07 Å². The Morgan fingerprint density at radius 1 is 1.35 bits per heavy atom. The third kappa shape index (κ3) is 2.29. The van der Waals surface area contributed by atoms with Crippen LogP contribution in [-0.4, -0.2) is 14.7 Å². The number of hydrogen-bond acceptors (Lipinski definition) is 4. The van der Waals surface area contributed by atoms with Crippen LogP contribution in [0.4, 0.5) is 5.69 Å². The summed E-state index contributed by atoms with van der Waals surface area (Å²) in [7, 11) is 0. The zero-order valence-corrected chi connectivity index (χ0v) is 8.78. The van der Waals surface area contributed by atoms with Crippen molar-refractivity contribution in [1.82, 2.24) is 9.78 Å². The zero-order valence-electron chi connectivity index (χ0n) is 8.78. The predicted octanol–water partition coefficient (Wildman–Crippen LogP) is 1.85. The quantitative estimate of drug-likeness (QED) is 0.592. The van der Waals surface area contributed by atoms with Gasteiger partial charge in [-0.2, -0.15) is 10.4 Å². The molecule has 0 unspecified atom stereocenters. The molecule has 0 aliphatic rings. The summed E-state index contributed by atoms with van der Waals surface area (Å²) in [5, 5.41) is 23.2. The number of non-ortho nitro benzene ring substituents is 1. The highest BCUT2D eigenvalue weighted by Crippen LogP contribution is 2.14. The van der Waals surface area contributed by atoms with Crippen LogP contribution in [0.2, 0.25) is 0 Å². The van der Waals surface area contributed by atoms with E-state index in [4.69, 9.17) is 5.26 Å². The van der Waals surface area contributed by atoms with Crippen LogP contribution in [0.25, 0.3) is 5.69 Å². The van der Waals surface area contributed by atoms with E-state index >= 15 is 0 Å². The number of rotatable bonds is 3. The van der Waals surface area contributed by atoms with Crippen molar-refractivity contribution in [3.8, 4) is 11.8 Å². The minimum absolute atomic E-state index is 0.0400. The summed E-state index contributed by atoms with van der Waals surface area (Å²) in [5.41, 5.74) is 1.43. The van der Waals surface area contributed by atoms with Crippen LogP contribution >= 0.6 is 0 Å². The molecule has 0 radical (unpaired) electrons. The lowest BCUT2D eigenvalue weighted by Crippen LogP contribution is -1.96. The van der Waals surface area contributed by atoms with E-state index in [9.17, 15) is 10.1 Å². The first-order chi connectivity index (χ1) is 8.20. The largest absolute Gasteiger partial charge is 0.269 e. The van der Waals surface area contributed by atoms with Gasteiger partial charge in [-0.1, -0.05) is 0 Å². The number of nitro groups is 1. The van der Waals surface area contributed by atoms with E-state index in [1.165, 1.54) is 12.1 Å². The van der Waals surface area contributed by atoms with Crippen molar-refractivity contribution in [3.63, 3.8) is 0 Å². The summed E-state index contributed by atoms with van der Waals surface area (Å²) < 4.78 is 1.58. The van der Waals surface area contributed by atoms with Crippen molar-refractivity contribution in [2.24, 2.45) is 0 Å². The number of aromatic nitrogens is 2. The highest BCUT2D eigenvalue weighted by molar-refractivity contribution is 5.40. The summed E-state index contributed by atoms with van der Waals surface area (Å²) in [6, 6.07) is 9.81. The molecule has 84 valence electrons. The van der Waals surface area contributed by atoms with Gasteiger partial charge in [-0.3, -0.25) is 10.1 Å². The molecule has 6 nitrogen and oxygen atoms in total.